The molecule has 1 aromatic carbocycles. The zero-order chi connectivity index (χ0) is 18.7. The van der Waals surface area contributed by atoms with E-state index in [0.29, 0.717) is 24.7 Å². The number of carboxylic acid groups (broad SMARTS) is 1. The number of nitrogens with two attached hydrogens (primary N) is 1. The Labute approximate surface area is 152 Å². The number of hydrogen-bond acceptors (Lipinski definition) is 5. The summed E-state index contributed by atoms with van der Waals surface area (Å²) in [6.07, 6.45) is 1.79. The number of carbonyl (C=O) groups is 2. The molecule has 0 aromatic heterocycles. The van der Waals surface area contributed by atoms with E-state index in [0.717, 1.165) is 38.2 Å². The average molecular weight is 359 g/mol. The number of rotatable bonds is 5. The predicted molar refractivity (Wildman–Crippen MR) is 98.5 cm³/mol. The zero-order valence-corrected chi connectivity index (χ0v) is 14.7. The van der Waals surface area contributed by atoms with Crippen LogP contribution in [0.4, 0.5) is 5.69 Å². The van der Waals surface area contributed by atoms with Crippen molar-refractivity contribution in [1.82, 2.24) is 9.80 Å². The highest BCUT2D eigenvalue weighted by Gasteiger charge is 2.31. The van der Waals surface area contributed by atoms with Gasteiger partial charge in [-0.25, -0.2) is 0 Å². The van der Waals surface area contributed by atoms with Gasteiger partial charge in [-0.1, -0.05) is 0 Å². The van der Waals surface area contributed by atoms with E-state index in [2.05, 4.69) is 4.90 Å². The molecule has 2 heterocycles. The van der Waals surface area contributed by atoms with Crippen LogP contribution in [0.5, 0.6) is 0 Å². The number of piperazine rings is 1. The molecule has 2 saturated heterocycles. The molecule has 8 nitrogen and oxygen atoms in total. The van der Waals surface area contributed by atoms with Crippen molar-refractivity contribution < 1.29 is 14.7 Å². The number of amides is 1. The molecule has 0 atom stereocenters. The van der Waals surface area contributed by atoms with Gasteiger partial charge in [0.05, 0.1) is 13.1 Å². The van der Waals surface area contributed by atoms with E-state index in [1.54, 1.807) is 17.0 Å². The molecule has 0 bridgehead atoms. The van der Waals surface area contributed by atoms with Crippen molar-refractivity contribution in [2.75, 3.05) is 44.2 Å². The lowest BCUT2D eigenvalue weighted by Gasteiger charge is -2.42. The number of nitrogen functional groups attached to an aromatic ring is 1. The van der Waals surface area contributed by atoms with Gasteiger partial charge in [0, 0.05) is 43.5 Å². The van der Waals surface area contributed by atoms with Gasteiger partial charge in [0.1, 0.15) is 5.84 Å². The molecule has 1 amide bonds. The first-order chi connectivity index (χ1) is 12.4. The molecule has 2 aliphatic heterocycles. The molecule has 2 fully saturated rings. The van der Waals surface area contributed by atoms with E-state index in [-0.39, 0.29) is 18.3 Å². The second-order valence-electron chi connectivity index (χ2n) is 6.88. The summed E-state index contributed by atoms with van der Waals surface area (Å²) in [4.78, 5) is 29.4. The third-order valence-corrected chi connectivity index (χ3v) is 5.17. The third kappa shape index (κ3) is 4.20. The van der Waals surface area contributed by atoms with Crippen molar-refractivity contribution in [1.29, 1.82) is 5.41 Å². The number of carboxylic acids is 1. The Morgan fingerprint density at radius 1 is 1.15 bits per heavy atom. The highest BCUT2D eigenvalue weighted by atomic mass is 16.4. The standard InChI is InChI=1S/C18H25N5O3/c19-18(20)13-1-3-15(4-2-13)23-10-9-22(11-16(23)24)14-5-7-21(8-6-14)12-17(25)26/h1-4,14H,5-12H2,(H3,19,20)(H,25,26). The van der Waals surface area contributed by atoms with Crippen molar-refractivity contribution in [3.63, 3.8) is 0 Å². The van der Waals surface area contributed by atoms with Crippen molar-refractivity contribution in [3.8, 4) is 0 Å². The van der Waals surface area contributed by atoms with E-state index < -0.39 is 5.97 Å². The summed E-state index contributed by atoms with van der Waals surface area (Å²) in [6, 6.07) is 7.51. The highest BCUT2D eigenvalue weighted by molar-refractivity contribution is 5.98. The van der Waals surface area contributed by atoms with E-state index in [4.69, 9.17) is 16.2 Å². The van der Waals surface area contributed by atoms with Gasteiger partial charge < -0.3 is 15.7 Å². The number of aliphatic carboxylic acids is 1. The van der Waals surface area contributed by atoms with Crippen molar-refractivity contribution in [3.05, 3.63) is 29.8 Å². The maximum absolute atomic E-state index is 12.6. The van der Waals surface area contributed by atoms with Crippen LogP contribution in [0.2, 0.25) is 0 Å². The second-order valence-corrected chi connectivity index (χ2v) is 6.88. The van der Waals surface area contributed by atoms with Crippen LogP contribution in [0, 0.1) is 5.41 Å². The lowest BCUT2D eigenvalue weighted by Crippen LogP contribution is -2.56. The van der Waals surface area contributed by atoms with Crippen LogP contribution in [-0.2, 0) is 9.59 Å². The molecule has 4 N–H and O–H groups in total. The first kappa shape index (κ1) is 18.3. The van der Waals surface area contributed by atoms with Gasteiger partial charge >= 0.3 is 5.97 Å². The Bertz CT molecular complexity index is 683. The van der Waals surface area contributed by atoms with E-state index in [1.165, 1.54) is 0 Å². The Balaban J connectivity index is 1.55. The molecule has 8 heteroatoms. The second kappa shape index (κ2) is 7.84. The molecule has 26 heavy (non-hydrogen) atoms. The zero-order valence-electron chi connectivity index (χ0n) is 14.7. The van der Waals surface area contributed by atoms with Crippen molar-refractivity contribution >= 4 is 23.4 Å². The van der Waals surface area contributed by atoms with Crippen LogP contribution in [-0.4, -0.2) is 77.9 Å². The summed E-state index contributed by atoms with van der Waals surface area (Å²) in [7, 11) is 0. The third-order valence-electron chi connectivity index (χ3n) is 5.17. The fourth-order valence-electron chi connectivity index (χ4n) is 3.73. The molecule has 0 aliphatic carbocycles. The number of anilines is 1. The number of carbonyl (C=O) groups excluding carboxylic acids is 1. The SMILES string of the molecule is N=C(N)c1ccc(N2CCN(C3CCN(CC(=O)O)CC3)CC2=O)cc1. The van der Waals surface area contributed by atoms with E-state index >= 15 is 0 Å². The minimum Gasteiger partial charge on any atom is -0.480 e. The lowest BCUT2D eigenvalue weighted by atomic mass is 10.0. The summed E-state index contributed by atoms with van der Waals surface area (Å²) in [5.74, 6) is -0.704. The van der Waals surface area contributed by atoms with Gasteiger partial charge in [-0.15, -0.1) is 0 Å². The topological polar surface area (TPSA) is 114 Å². The summed E-state index contributed by atoms with van der Waals surface area (Å²) in [6.45, 7) is 3.45. The van der Waals surface area contributed by atoms with Gasteiger partial charge in [-0.3, -0.25) is 24.8 Å². The fraction of sp³-hybridized carbons (Fsp3) is 0.500. The number of nitrogens with zero attached hydrogens (tertiary/aromatic N) is 3. The fourth-order valence-corrected chi connectivity index (χ4v) is 3.73. The number of nitrogens with one attached hydrogen (secondary N) is 1. The summed E-state index contributed by atoms with van der Waals surface area (Å²) >= 11 is 0. The van der Waals surface area contributed by atoms with E-state index in [1.807, 2.05) is 17.0 Å². The largest absolute Gasteiger partial charge is 0.480 e. The van der Waals surface area contributed by atoms with Crippen LogP contribution in [0.25, 0.3) is 0 Å². The average Bonchev–Trinajstić information content (AvgIpc) is 2.62. The summed E-state index contributed by atoms with van der Waals surface area (Å²) in [5.41, 5.74) is 6.94. The van der Waals surface area contributed by atoms with Crippen LogP contribution >= 0.6 is 0 Å². The molecule has 1 aromatic rings. The number of hydrogen-bond donors (Lipinski definition) is 3. The van der Waals surface area contributed by atoms with Gasteiger partial charge in [-0.2, -0.15) is 0 Å². The number of likely N-dealkylation sites (tertiary alicyclic amines) is 1. The summed E-state index contributed by atoms with van der Waals surface area (Å²) in [5, 5.41) is 16.3. The Morgan fingerprint density at radius 3 is 2.35 bits per heavy atom. The number of piperidine rings is 1. The smallest absolute Gasteiger partial charge is 0.317 e. The molecule has 0 radical (unpaired) electrons. The van der Waals surface area contributed by atoms with Gasteiger partial charge in [0.15, 0.2) is 0 Å². The first-order valence-electron chi connectivity index (χ1n) is 8.87. The summed E-state index contributed by atoms with van der Waals surface area (Å²) < 4.78 is 0. The molecule has 140 valence electrons. The van der Waals surface area contributed by atoms with E-state index in [9.17, 15) is 9.59 Å². The highest BCUT2D eigenvalue weighted by Crippen LogP contribution is 2.22. The van der Waals surface area contributed by atoms with Crippen LogP contribution in [0.1, 0.15) is 18.4 Å². The molecule has 0 spiro atoms. The predicted octanol–water partition coefficient (Wildman–Crippen LogP) is 0.168. The molecular weight excluding hydrogens is 334 g/mol. The van der Waals surface area contributed by atoms with Gasteiger partial charge in [0.2, 0.25) is 5.91 Å². The Morgan fingerprint density at radius 2 is 1.81 bits per heavy atom. The van der Waals surface area contributed by atoms with Crippen LogP contribution in [0.15, 0.2) is 24.3 Å². The first-order valence-corrected chi connectivity index (χ1v) is 8.87. The quantitative estimate of drug-likeness (QED) is 0.510. The van der Waals surface area contributed by atoms with Crippen molar-refractivity contribution in [2.45, 2.75) is 18.9 Å². The van der Waals surface area contributed by atoms with Crippen molar-refractivity contribution in [2.24, 2.45) is 5.73 Å². The van der Waals surface area contributed by atoms with Crippen LogP contribution in [0.3, 0.4) is 0 Å². The Hall–Kier alpha value is -2.45. The van der Waals surface area contributed by atoms with Gasteiger partial charge in [0.25, 0.3) is 0 Å². The molecule has 0 saturated carbocycles. The molecule has 2 aliphatic rings. The maximum atomic E-state index is 12.6. The molecule has 3 rings (SSSR count). The number of benzene rings is 1. The Kier molecular flexibility index (Phi) is 5.53. The normalized spacial score (nSPS) is 20.3. The van der Waals surface area contributed by atoms with Gasteiger partial charge in [-0.05, 0) is 37.1 Å². The van der Waals surface area contributed by atoms with Crippen LogP contribution < -0.4 is 10.6 Å². The minimum absolute atomic E-state index is 0.0157. The lowest BCUT2D eigenvalue weighted by molar-refractivity contribution is -0.138. The monoisotopic (exact) mass is 359 g/mol. The molecular formula is C18H25N5O3. The minimum atomic E-state index is -0.789. The molecule has 0 unspecified atom stereocenters. The number of amidine groups is 1. The maximum Gasteiger partial charge on any atom is 0.317 e.